The van der Waals surface area contributed by atoms with Gasteiger partial charge in [-0.15, -0.1) is 0 Å². The smallest absolute Gasteiger partial charge is 0.273 e. The number of carbonyl (C=O) groups is 1. The van der Waals surface area contributed by atoms with Crippen LogP contribution < -0.4 is 20.7 Å². The molecule has 4 rings (SSSR count). The lowest BCUT2D eigenvalue weighted by molar-refractivity contribution is 0.0607. The molecule has 0 saturated carbocycles. The summed E-state index contributed by atoms with van der Waals surface area (Å²) in [4.78, 5) is 28.2. The van der Waals surface area contributed by atoms with E-state index in [1.54, 1.807) is 0 Å². The van der Waals surface area contributed by atoms with Crippen molar-refractivity contribution in [3.63, 3.8) is 0 Å². The molecular formula is C28H41Cl2N7O4. The molecule has 2 aliphatic rings. The lowest BCUT2D eigenvalue weighted by Gasteiger charge is -2.47. The molecule has 2 aromatic rings. The normalized spacial score (nSPS) is 19.0. The number of ether oxygens (including phenoxy) is 1. The van der Waals surface area contributed by atoms with E-state index in [2.05, 4.69) is 36.9 Å². The van der Waals surface area contributed by atoms with Crippen molar-refractivity contribution < 1.29 is 19.7 Å². The summed E-state index contributed by atoms with van der Waals surface area (Å²) in [5, 5.41) is 21.4. The maximum Gasteiger partial charge on any atom is 0.273 e. The van der Waals surface area contributed by atoms with Crippen molar-refractivity contribution >= 4 is 40.7 Å². The van der Waals surface area contributed by atoms with Crippen molar-refractivity contribution in [2.24, 2.45) is 0 Å². The molecule has 0 radical (unpaired) electrons. The second kappa shape index (κ2) is 15.2. The van der Waals surface area contributed by atoms with E-state index < -0.39 is 5.91 Å². The highest BCUT2D eigenvalue weighted by atomic mass is 35.5. The molecule has 2 saturated heterocycles. The Kier molecular flexibility index (Phi) is 11.7. The van der Waals surface area contributed by atoms with Gasteiger partial charge in [0.05, 0.1) is 13.2 Å². The van der Waals surface area contributed by atoms with Gasteiger partial charge < -0.3 is 30.9 Å². The SMILES string of the molecule is CC[C@H]1CN(c2nc(N)c(C(=O)NCCO)nc2Cl)CCN1C1CCN(Cc2ccc(Cl)cc2OCCCO)CC1. The number of rotatable bonds is 12. The third-order valence-electron chi connectivity index (χ3n) is 7.78. The van der Waals surface area contributed by atoms with Crippen LogP contribution in [0.5, 0.6) is 5.75 Å². The Labute approximate surface area is 251 Å². The number of nitrogens with zero attached hydrogens (tertiary/aromatic N) is 5. The number of piperazine rings is 1. The number of halogens is 2. The summed E-state index contributed by atoms with van der Waals surface area (Å²) in [7, 11) is 0. The first-order chi connectivity index (χ1) is 19.8. The fourth-order valence-electron chi connectivity index (χ4n) is 5.64. The molecule has 226 valence electrons. The zero-order valence-corrected chi connectivity index (χ0v) is 25.1. The largest absolute Gasteiger partial charge is 0.493 e. The number of aliphatic hydroxyl groups is 2. The number of likely N-dealkylation sites (tertiary alicyclic amines) is 1. The lowest BCUT2D eigenvalue weighted by atomic mass is 9.97. The van der Waals surface area contributed by atoms with Gasteiger partial charge in [-0.2, -0.15) is 0 Å². The lowest BCUT2D eigenvalue weighted by Crippen LogP contribution is -2.58. The van der Waals surface area contributed by atoms with Crippen molar-refractivity contribution in [1.82, 2.24) is 25.1 Å². The Morgan fingerprint density at radius 2 is 1.93 bits per heavy atom. The van der Waals surface area contributed by atoms with E-state index in [0.29, 0.717) is 36.0 Å². The van der Waals surface area contributed by atoms with Crippen LogP contribution in [0.15, 0.2) is 18.2 Å². The molecule has 0 unspecified atom stereocenters. The van der Waals surface area contributed by atoms with Gasteiger partial charge in [0.2, 0.25) is 0 Å². The number of amides is 1. The minimum absolute atomic E-state index is 0.0188. The zero-order valence-electron chi connectivity index (χ0n) is 23.6. The summed E-state index contributed by atoms with van der Waals surface area (Å²) < 4.78 is 5.90. The van der Waals surface area contributed by atoms with E-state index in [4.69, 9.17) is 43.9 Å². The molecule has 1 amide bonds. The van der Waals surface area contributed by atoms with Crippen LogP contribution >= 0.6 is 23.2 Å². The van der Waals surface area contributed by atoms with E-state index in [1.807, 2.05) is 18.2 Å². The summed E-state index contributed by atoms with van der Waals surface area (Å²) in [5.74, 6) is 0.791. The fourth-order valence-corrected chi connectivity index (χ4v) is 6.04. The molecule has 1 aromatic carbocycles. The molecular weight excluding hydrogens is 569 g/mol. The summed E-state index contributed by atoms with van der Waals surface area (Å²) >= 11 is 12.7. The van der Waals surface area contributed by atoms with Gasteiger partial charge in [0.15, 0.2) is 22.5 Å². The van der Waals surface area contributed by atoms with Gasteiger partial charge in [-0.3, -0.25) is 14.6 Å². The van der Waals surface area contributed by atoms with Gasteiger partial charge >= 0.3 is 0 Å². The van der Waals surface area contributed by atoms with E-state index >= 15 is 0 Å². The summed E-state index contributed by atoms with van der Waals surface area (Å²) in [5.41, 5.74) is 7.15. The number of hydrogen-bond acceptors (Lipinski definition) is 10. The molecule has 0 aliphatic carbocycles. The minimum atomic E-state index is -0.512. The molecule has 0 bridgehead atoms. The standard InChI is InChI=1S/C28H41Cl2N7O4/c1-2-21-18-36(27-25(30)33-24(26(31)34-27)28(40)32-8-14-39)11-12-37(21)22-6-9-35(10-7-22)17-19-4-5-20(29)16-23(19)41-15-3-13-38/h4-5,16,21-22,38-39H,2-3,6-15,17-18H2,1H3,(H2,31,34)(H,32,40)/t21-/m0/s1. The molecule has 2 fully saturated rings. The van der Waals surface area contributed by atoms with Crippen LogP contribution in [0.3, 0.4) is 0 Å². The van der Waals surface area contributed by atoms with Gasteiger partial charge in [-0.1, -0.05) is 36.2 Å². The molecule has 2 aliphatic heterocycles. The molecule has 13 heteroatoms. The first-order valence-electron chi connectivity index (χ1n) is 14.3. The Morgan fingerprint density at radius 3 is 2.63 bits per heavy atom. The number of piperidine rings is 1. The molecule has 3 heterocycles. The number of nitrogens with one attached hydrogen (secondary N) is 1. The number of aromatic nitrogens is 2. The van der Waals surface area contributed by atoms with Gasteiger partial charge in [0, 0.05) is 68.4 Å². The summed E-state index contributed by atoms with van der Waals surface area (Å²) in [6.07, 6.45) is 3.73. The molecule has 5 N–H and O–H groups in total. The highest BCUT2D eigenvalue weighted by molar-refractivity contribution is 6.32. The number of anilines is 2. The van der Waals surface area contributed by atoms with Crippen molar-refractivity contribution in [2.45, 2.75) is 51.2 Å². The number of nitrogen functional groups attached to an aromatic ring is 1. The maximum absolute atomic E-state index is 12.3. The molecule has 0 spiro atoms. The van der Waals surface area contributed by atoms with E-state index in [1.165, 1.54) is 0 Å². The second-order valence-corrected chi connectivity index (χ2v) is 11.3. The predicted octanol–water partition coefficient (Wildman–Crippen LogP) is 2.41. The van der Waals surface area contributed by atoms with Gasteiger partial charge in [0.1, 0.15) is 5.75 Å². The Bertz CT molecular complexity index is 1170. The van der Waals surface area contributed by atoms with Crippen LogP contribution in [0.1, 0.15) is 48.7 Å². The summed E-state index contributed by atoms with van der Waals surface area (Å²) in [6, 6.07) is 6.61. The highest BCUT2D eigenvalue weighted by Crippen LogP contribution is 2.31. The number of benzene rings is 1. The van der Waals surface area contributed by atoms with Crippen LogP contribution in [-0.2, 0) is 6.54 Å². The molecule has 1 atom stereocenters. The van der Waals surface area contributed by atoms with Gasteiger partial charge in [-0.05, 0) is 44.5 Å². The van der Waals surface area contributed by atoms with Crippen molar-refractivity contribution in [1.29, 1.82) is 0 Å². The van der Waals surface area contributed by atoms with Crippen molar-refractivity contribution in [3.8, 4) is 5.75 Å². The average Bonchev–Trinajstić information content (AvgIpc) is 2.98. The average molecular weight is 611 g/mol. The second-order valence-electron chi connectivity index (χ2n) is 10.5. The number of aliphatic hydroxyl groups excluding tert-OH is 2. The fraction of sp³-hybridized carbons (Fsp3) is 0.607. The molecule has 41 heavy (non-hydrogen) atoms. The maximum atomic E-state index is 12.3. The minimum Gasteiger partial charge on any atom is -0.493 e. The number of carbonyl (C=O) groups excluding carboxylic acids is 1. The third kappa shape index (κ3) is 8.12. The van der Waals surface area contributed by atoms with E-state index in [9.17, 15) is 4.79 Å². The summed E-state index contributed by atoms with van der Waals surface area (Å²) in [6.45, 7) is 7.82. The Morgan fingerprint density at radius 1 is 1.15 bits per heavy atom. The highest BCUT2D eigenvalue weighted by Gasteiger charge is 2.34. The van der Waals surface area contributed by atoms with Gasteiger partial charge in [-0.25, -0.2) is 9.97 Å². The zero-order chi connectivity index (χ0) is 29.4. The molecule has 11 nitrogen and oxygen atoms in total. The quantitative estimate of drug-likeness (QED) is 0.265. The van der Waals surface area contributed by atoms with E-state index in [-0.39, 0.29) is 36.4 Å². The number of nitrogens with two attached hydrogens (primary N) is 1. The van der Waals surface area contributed by atoms with Crippen LogP contribution in [0.4, 0.5) is 11.6 Å². The van der Waals surface area contributed by atoms with Crippen molar-refractivity contribution in [3.05, 3.63) is 39.6 Å². The first kappa shape index (κ1) is 31.5. The van der Waals surface area contributed by atoms with Crippen LogP contribution in [0.25, 0.3) is 0 Å². The van der Waals surface area contributed by atoms with Crippen LogP contribution in [0.2, 0.25) is 10.2 Å². The van der Waals surface area contributed by atoms with Crippen LogP contribution in [0, 0.1) is 0 Å². The molecule has 1 aromatic heterocycles. The number of hydrogen-bond donors (Lipinski definition) is 4. The Balaban J connectivity index is 1.34. The Hall–Kier alpha value is -2.41. The van der Waals surface area contributed by atoms with Crippen LogP contribution in [-0.4, -0.2) is 107 Å². The van der Waals surface area contributed by atoms with Crippen molar-refractivity contribution in [2.75, 3.05) is 69.7 Å². The topological polar surface area (TPSA) is 140 Å². The predicted molar refractivity (Wildman–Crippen MR) is 161 cm³/mol. The van der Waals surface area contributed by atoms with E-state index in [0.717, 1.165) is 69.8 Å². The monoisotopic (exact) mass is 609 g/mol. The van der Waals surface area contributed by atoms with Gasteiger partial charge in [0.25, 0.3) is 5.91 Å². The first-order valence-corrected chi connectivity index (χ1v) is 15.1. The third-order valence-corrected chi connectivity index (χ3v) is 8.27.